The minimum absolute atomic E-state index is 0.0800. The molecule has 0 aliphatic carbocycles. The molecule has 0 saturated carbocycles. The number of halogens is 1. The maximum Gasteiger partial charge on any atom is 0.336 e. The van der Waals surface area contributed by atoms with Crippen LogP contribution in [0.4, 0.5) is 11.4 Å². The van der Waals surface area contributed by atoms with Crippen molar-refractivity contribution in [1.29, 1.82) is 0 Å². The number of benzene rings is 4. The first-order chi connectivity index (χ1) is 16.4. The van der Waals surface area contributed by atoms with E-state index in [9.17, 15) is 19.5 Å². The third kappa shape index (κ3) is 5.65. The molecule has 170 valence electrons. The number of carbonyl (C=O) groups excluding carboxylic acids is 2. The van der Waals surface area contributed by atoms with Gasteiger partial charge >= 0.3 is 5.97 Å². The molecule has 3 N–H and O–H groups in total. The molecule has 0 heterocycles. The maximum absolute atomic E-state index is 12.9. The van der Waals surface area contributed by atoms with E-state index in [4.69, 9.17) is 0 Å². The summed E-state index contributed by atoms with van der Waals surface area (Å²) in [5, 5.41) is 16.3. The van der Waals surface area contributed by atoms with Gasteiger partial charge in [-0.25, -0.2) is 4.79 Å². The molecule has 2 amide bonds. The zero-order valence-corrected chi connectivity index (χ0v) is 20.2. The Morgan fingerprint density at radius 3 is 2.00 bits per heavy atom. The monoisotopic (exact) mass is 534 g/mol. The van der Waals surface area contributed by atoms with Gasteiger partial charge in [-0.15, -0.1) is 11.8 Å². The van der Waals surface area contributed by atoms with E-state index in [2.05, 4.69) is 26.6 Å². The summed E-state index contributed by atoms with van der Waals surface area (Å²) in [5.74, 6) is -1.35. The summed E-state index contributed by atoms with van der Waals surface area (Å²) in [5.41, 5.74) is 1.67. The van der Waals surface area contributed by atoms with E-state index in [1.807, 2.05) is 36.4 Å². The summed E-state index contributed by atoms with van der Waals surface area (Å²) in [6, 6.07) is 24.5. The Morgan fingerprint density at radius 1 is 0.765 bits per heavy atom. The number of hydrogen-bond acceptors (Lipinski definition) is 4. The van der Waals surface area contributed by atoms with Crippen molar-refractivity contribution in [2.45, 2.75) is 4.90 Å². The fourth-order valence-electron chi connectivity index (χ4n) is 3.42. The summed E-state index contributed by atoms with van der Waals surface area (Å²) in [6.07, 6.45) is 0. The van der Waals surface area contributed by atoms with Crippen LogP contribution in [0.5, 0.6) is 0 Å². The molecular weight excluding hydrogens is 516 g/mol. The average Bonchev–Trinajstić information content (AvgIpc) is 2.84. The van der Waals surface area contributed by atoms with Crippen LogP contribution in [-0.4, -0.2) is 28.6 Å². The number of amides is 2. The Morgan fingerprint density at radius 2 is 1.35 bits per heavy atom. The number of carbonyl (C=O) groups is 3. The second kappa shape index (κ2) is 10.5. The summed E-state index contributed by atoms with van der Waals surface area (Å²) >= 11 is 4.74. The van der Waals surface area contributed by atoms with Crippen molar-refractivity contribution < 1.29 is 19.5 Å². The fourth-order valence-corrected chi connectivity index (χ4v) is 4.38. The number of aromatic carboxylic acids is 1. The molecule has 34 heavy (non-hydrogen) atoms. The average molecular weight is 535 g/mol. The van der Waals surface area contributed by atoms with Crippen LogP contribution < -0.4 is 10.6 Å². The van der Waals surface area contributed by atoms with Crippen molar-refractivity contribution in [1.82, 2.24) is 0 Å². The molecule has 0 radical (unpaired) electrons. The van der Waals surface area contributed by atoms with Gasteiger partial charge < -0.3 is 15.7 Å². The fraction of sp³-hybridized carbons (Fsp3) is 0.0385. The van der Waals surface area contributed by atoms with Gasteiger partial charge in [-0.3, -0.25) is 9.59 Å². The number of carboxylic acids is 1. The van der Waals surface area contributed by atoms with Gasteiger partial charge in [0, 0.05) is 31.7 Å². The highest BCUT2D eigenvalue weighted by molar-refractivity contribution is 9.10. The molecule has 0 unspecified atom stereocenters. The molecule has 4 rings (SSSR count). The Labute approximate surface area is 208 Å². The standard InChI is InChI=1S/C26H19BrN2O4S/c27-17-7-9-18(10-8-17)28-23(30)15-34-20-13-11-19(12-14-20)29-25(31)21-5-1-3-16-4-2-6-22(24(16)21)26(32)33/h1-14H,15H2,(H,28,30)(H,29,31)(H,32,33). The lowest BCUT2D eigenvalue weighted by atomic mass is 9.98. The van der Waals surface area contributed by atoms with Gasteiger partial charge in [0.2, 0.25) is 5.91 Å². The van der Waals surface area contributed by atoms with Crippen LogP contribution in [0.15, 0.2) is 94.3 Å². The van der Waals surface area contributed by atoms with Crippen LogP contribution in [-0.2, 0) is 4.79 Å². The molecule has 0 spiro atoms. The van der Waals surface area contributed by atoms with Crippen molar-refractivity contribution >= 4 is 67.6 Å². The van der Waals surface area contributed by atoms with Crippen LogP contribution in [0.25, 0.3) is 10.8 Å². The SMILES string of the molecule is O=C(CSc1ccc(NC(=O)c2cccc3cccc(C(=O)O)c23)cc1)Nc1ccc(Br)cc1. The second-order valence-electron chi connectivity index (χ2n) is 7.34. The molecular formula is C26H19BrN2O4S. The van der Waals surface area contributed by atoms with E-state index in [0.29, 0.717) is 22.0 Å². The van der Waals surface area contributed by atoms with Gasteiger partial charge in [-0.05, 0) is 66.0 Å². The zero-order chi connectivity index (χ0) is 24.1. The van der Waals surface area contributed by atoms with Crippen molar-refractivity contribution in [3.05, 3.63) is 101 Å². The van der Waals surface area contributed by atoms with Gasteiger partial charge in [0.25, 0.3) is 5.91 Å². The lowest BCUT2D eigenvalue weighted by Gasteiger charge is -2.11. The molecule has 0 fully saturated rings. The third-order valence-electron chi connectivity index (χ3n) is 4.99. The van der Waals surface area contributed by atoms with E-state index < -0.39 is 11.9 Å². The van der Waals surface area contributed by atoms with Gasteiger partial charge in [0.05, 0.1) is 11.3 Å². The number of thioether (sulfide) groups is 1. The number of carboxylic acid groups (broad SMARTS) is 1. The number of anilines is 2. The van der Waals surface area contributed by atoms with Crippen LogP contribution >= 0.6 is 27.7 Å². The molecule has 6 nitrogen and oxygen atoms in total. The summed E-state index contributed by atoms with van der Waals surface area (Å²) in [4.78, 5) is 37.6. The highest BCUT2D eigenvalue weighted by Gasteiger charge is 2.16. The molecule has 0 bridgehead atoms. The topological polar surface area (TPSA) is 95.5 Å². The third-order valence-corrected chi connectivity index (χ3v) is 6.53. The first-order valence-electron chi connectivity index (χ1n) is 10.3. The molecule has 0 aliphatic heterocycles. The summed E-state index contributed by atoms with van der Waals surface area (Å²) in [7, 11) is 0. The molecule has 0 aliphatic rings. The first-order valence-corrected chi connectivity index (χ1v) is 12.0. The number of hydrogen-bond donors (Lipinski definition) is 3. The normalized spacial score (nSPS) is 10.6. The van der Waals surface area contributed by atoms with Crippen molar-refractivity contribution in [2.75, 3.05) is 16.4 Å². The van der Waals surface area contributed by atoms with Crippen molar-refractivity contribution in [2.24, 2.45) is 0 Å². The minimum atomic E-state index is -1.09. The van der Waals surface area contributed by atoms with Gasteiger partial charge in [-0.1, -0.05) is 40.2 Å². The predicted molar refractivity (Wildman–Crippen MR) is 139 cm³/mol. The Balaban J connectivity index is 1.40. The summed E-state index contributed by atoms with van der Waals surface area (Å²) in [6.45, 7) is 0. The largest absolute Gasteiger partial charge is 0.478 e. The number of fused-ring (bicyclic) bond motifs is 1. The highest BCUT2D eigenvalue weighted by Crippen LogP contribution is 2.25. The molecule has 0 saturated heterocycles. The highest BCUT2D eigenvalue weighted by atomic mass is 79.9. The molecule has 0 aromatic heterocycles. The van der Waals surface area contributed by atoms with Crippen molar-refractivity contribution in [3.63, 3.8) is 0 Å². The minimum Gasteiger partial charge on any atom is -0.478 e. The van der Waals surface area contributed by atoms with Crippen LogP contribution in [0.2, 0.25) is 0 Å². The molecule has 8 heteroatoms. The predicted octanol–water partition coefficient (Wildman–Crippen LogP) is 6.28. The van der Waals surface area contributed by atoms with E-state index in [1.54, 1.807) is 42.5 Å². The number of rotatable bonds is 7. The van der Waals surface area contributed by atoms with Gasteiger partial charge in [0.1, 0.15) is 0 Å². The Bertz CT molecular complexity index is 1370. The molecule has 0 atom stereocenters. The van der Waals surface area contributed by atoms with Crippen LogP contribution in [0.3, 0.4) is 0 Å². The lowest BCUT2D eigenvalue weighted by Crippen LogP contribution is -2.14. The van der Waals surface area contributed by atoms with Gasteiger partial charge in [-0.2, -0.15) is 0 Å². The maximum atomic E-state index is 12.9. The Hall–Kier alpha value is -3.62. The van der Waals surface area contributed by atoms with Crippen LogP contribution in [0.1, 0.15) is 20.7 Å². The molecule has 4 aromatic carbocycles. The van der Waals surface area contributed by atoms with Crippen molar-refractivity contribution in [3.8, 4) is 0 Å². The lowest BCUT2D eigenvalue weighted by molar-refractivity contribution is -0.113. The Kier molecular flexibility index (Phi) is 7.30. The summed E-state index contributed by atoms with van der Waals surface area (Å²) < 4.78 is 0.940. The first kappa shape index (κ1) is 23.5. The smallest absolute Gasteiger partial charge is 0.336 e. The zero-order valence-electron chi connectivity index (χ0n) is 17.7. The van der Waals surface area contributed by atoms with E-state index in [-0.39, 0.29) is 17.2 Å². The second-order valence-corrected chi connectivity index (χ2v) is 9.30. The number of nitrogens with one attached hydrogen (secondary N) is 2. The molecule has 4 aromatic rings. The van der Waals surface area contributed by atoms with E-state index in [1.165, 1.54) is 17.8 Å². The quantitative estimate of drug-likeness (QED) is 0.242. The van der Waals surface area contributed by atoms with E-state index >= 15 is 0 Å². The van der Waals surface area contributed by atoms with Gasteiger partial charge in [0.15, 0.2) is 0 Å². The van der Waals surface area contributed by atoms with E-state index in [0.717, 1.165) is 15.1 Å². The van der Waals surface area contributed by atoms with Crippen LogP contribution in [0, 0.1) is 0 Å².